The highest BCUT2D eigenvalue weighted by atomic mass is 35.5. The third kappa shape index (κ3) is 2.39. The van der Waals surface area contributed by atoms with Crippen LogP contribution in [0.2, 0.25) is 5.02 Å². The number of nitrogens with zero attached hydrogens (tertiary/aromatic N) is 2. The zero-order chi connectivity index (χ0) is 14.1. The molecule has 0 aliphatic carbocycles. The number of nitrogen functional groups attached to an aromatic ring is 1. The Kier molecular flexibility index (Phi) is 3.42. The van der Waals surface area contributed by atoms with Crippen molar-refractivity contribution in [2.75, 3.05) is 5.73 Å². The molecule has 7 heteroatoms. The highest BCUT2D eigenvalue weighted by Gasteiger charge is 2.15. The van der Waals surface area contributed by atoms with Crippen LogP contribution in [0.25, 0.3) is 11.5 Å². The number of hydrogen-bond acceptors (Lipinski definition) is 5. The van der Waals surface area contributed by atoms with Crippen LogP contribution in [0.3, 0.4) is 0 Å². The molecule has 1 aromatic carbocycles. The molecule has 0 unspecified atom stereocenters. The lowest BCUT2D eigenvalue weighted by atomic mass is 10.1. The van der Waals surface area contributed by atoms with Gasteiger partial charge in [0.15, 0.2) is 5.82 Å². The molecule has 0 saturated carbocycles. The van der Waals surface area contributed by atoms with Crippen molar-refractivity contribution in [2.45, 2.75) is 6.42 Å². The fourth-order valence-corrected chi connectivity index (χ4v) is 2.62. The molecule has 0 saturated heterocycles. The average Bonchev–Trinajstić information content (AvgIpc) is 3.04. The van der Waals surface area contributed by atoms with E-state index in [-0.39, 0.29) is 11.4 Å². The molecule has 2 heterocycles. The second-order valence-corrected chi connectivity index (χ2v) is 5.46. The van der Waals surface area contributed by atoms with E-state index in [4.69, 9.17) is 21.9 Å². The molecule has 0 aliphatic rings. The number of nitrogens with two attached hydrogens (primary N) is 1. The van der Waals surface area contributed by atoms with Crippen molar-refractivity contribution < 1.29 is 8.91 Å². The van der Waals surface area contributed by atoms with E-state index in [1.165, 1.54) is 17.4 Å². The Labute approximate surface area is 123 Å². The van der Waals surface area contributed by atoms with E-state index in [0.29, 0.717) is 27.8 Å². The molecule has 0 radical (unpaired) electrons. The van der Waals surface area contributed by atoms with E-state index in [0.717, 1.165) is 0 Å². The molecular formula is C13H9ClFN3OS. The lowest BCUT2D eigenvalue weighted by Crippen LogP contribution is -1.95. The van der Waals surface area contributed by atoms with E-state index in [2.05, 4.69) is 10.1 Å². The number of anilines is 1. The number of thiophene rings is 1. The fourth-order valence-electron chi connectivity index (χ4n) is 1.79. The molecule has 0 bridgehead atoms. The Morgan fingerprint density at radius 3 is 2.95 bits per heavy atom. The maximum atomic E-state index is 13.8. The summed E-state index contributed by atoms with van der Waals surface area (Å²) in [6.45, 7) is 0. The Bertz CT molecular complexity index is 756. The molecule has 3 aromatic rings. The molecule has 0 atom stereocenters. The minimum atomic E-state index is -0.462. The molecule has 20 heavy (non-hydrogen) atoms. The quantitative estimate of drug-likeness (QED) is 0.800. The molecule has 0 aliphatic heterocycles. The van der Waals surface area contributed by atoms with E-state index in [9.17, 15) is 4.39 Å². The molecule has 2 N–H and O–H groups in total. The Morgan fingerprint density at radius 2 is 2.20 bits per heavy atom. The van der Waals surface area contributed by atoms with Crippen LogP contribution in [0.1, 0.15) is 11.4 Å². The first-order valence-corrected chi connectivity index (χ1v) is 6.99. The van der Waals surface area contributed by atoms with Gasteiger partial charge in [-0.15, -0.1) is 11.3 Å². The summed E-state index contributed by atoms with van der Waals surface area (Å²) in [4.78, 5) is 4.22. The average molecular weight is 310 g/mol. The predicted molar refractivity (Wildman–Crippen MR) is 76.2 cm³/mol. The lowest BCUT2D eigenvalue weighted by Gasteiger charge is -2.00. The van der Waals surface area contributed by atoms with E-state index < -0.39 is 5.82 Å². The smallest absolute Gasteiger partial charge is 0.260 e. The predicted octanol–water partition coefficient (Wildman–Crippen LogP) is 3.76. The van der Waals surface area contributed by atoms with Gasteiger partial charge in [-0.05, 0) is 23.1 Å². The van der Waals surface area contributed by atoms with Gasteiger partial charge in [0.25, 0.3) is 5.89 Å². The van der Waals surface area contributed by atoms with Crippen molar-refractivity contribution in [3.05, 3.63) is 51.9 Å². The fraction of sp³-hybridized carbons (Fsp3) is 0.0769. The van der Waals surface area contributed by atoms with Crippen LogP contribution in [0, 0.1) is 5.82 Å². The first-order valence-electron chi connectivity index (χ1n) is 5.74. The van der Waals surface area contributed by atoms with E-state index in [1.54, 1.807) is 18.2 Å². The van der Waals surface area contributed by atoms with Crippen molar-refractivity contribution in [2.24, 2.45) is 0 Å². The van der Waals surface area contributed by atoms with Crippen LogP contribution in [0.5, 0.6) is 0 Å². The van der Waals surface area contributed by atoms with Gasteiger partial charge in [-0.1, -0.05) is 28.9 Å². The van der Waals surface area contributed by atoms with Crippen molar-refractivity contribution in [1.82, 2.24) is 10.1 Å². The van der Waals surface area contributed by atoms with Crippen LogP contribution in [-0.4, -0.2) is 10.1 Å². The molecule has 0 spiro atoms. The summed E-state index contributed by atoms with van der Waals surface area (Å²) in [5.74, 6) is 0.253. The second-order valence-electron chi connectivity index (χ2n) is 4.10. The number of benzene rings is 1. The van der Waals surface area contributed by atoms with E-state index >= 15 is 0 Å². The van der Waals surface area contributed by atoms with Gasteiger partial charge in [0.2, 0.25) is 0 Å². The first kappa shape index (κ1) is 13.1. The Balaban J connectivity index is 1.88. The second kappa shape index (κ2) is 5.22. The van der Waals surface area contributed by atoms with E-state index in [1.807, 2.05) is 5.38 Å². The highest BCUT2D eigenvalue weighted by Crippen LogP contribution is 2.29. The van der Waals surface area contributed by atoms with Crippen molar-refractivity contribution in [3.63, 3.8) is 0 Å². The van der Waals surface area contributed by atoms with Crippen molar-refractivity contribution in [1.29, 1.82) is 0 Å². The molecule has 0 fully saturated rings. The molecule has 4 nitrogen and oxygen atoms in total. The summed E-state index contributed by atoms with van der Waals surface area (Å²) in [5.41, 5.74) is 6.91. The summed E-state index contributed by atoms with van der Waals surface area (Å²) in [6.07, 6.45) is 0.208. The number of halogens is 2. The molecule has 102 valence electrons. The molecule has 3 rings (SSSR count). The Morgan fingerprint density at radius 1 is 1.35 bits per heavy atom. The maximum Gasteiger partial charge on any atom is 0.260 e. The normalized spacial score (nSPS) is 10.9. The van der Waals surface area contributed by atoms with Gasteiger partial charge in [0.1, 0.15) is 5.82 Å². The summed E-state index contributed by atoms with van der Waals surface area (Å²) < 4.78 is 18.9. The first-order chi connectivity index (χ1) is 9.65. The largest absolute Gasteiger partial charge is 0.390 e. The van der Waals surface area contributed by atoms with Gasteiger partial charge in [0, 0.05) is 6.42 Å². The van der Waals surface area contributed by atoms with Crippen LogP contribution in [0.4, 0.5) is 9.39 Å². The lowest BCUT2D eigenvalue weighted by molar-refractivity contribution is 0.424. The summed E-state index contributed by atoms with van der Waals surface area (Å²) in [5, 5.41) is 6.35. The molecule has 0 amide bonds. The maximum absolute atomic E-state index is 13.8. The monoisotopic (exact) mass is 309 g/mol. The van der Waals surface area contributed by atoms with Crippen LogP contribution >= 0.6 is 22.9 Å². The zero-order valence-electron chi connectivity index (χ0n) is 10.1. The molecule has 2 aromatic heterocycles. The van der Waals surface area contributed by atoms with Gasteiger partial charge in [0.05, 0.1) is 15.6 Å². The Hall–Kier alpha value is -1.92. The number of rotatable bonds is 3. The van der Waals surface area contributed by atoms with Crippen molar-refractivity contribution in [3.8, 4) is 11.5 Å². The van der Waals surface area contributed by atoms with Crippen molar-refractivity contribution >= 4 is 27.9 Å². The highest BCUT2D eigenvalue weighted by molar-refractivity contribution is 7.14. The zero-order valence-corrected chi connectivity index (χ0v) is 11.7. The number of aromatic nitrogens is 2. The minimum Gasteiger partial charge on any atom is -0.390 e. The molecular weight excluding hydrogens is 301 g/mol. The topological polar surface area (TPSA) is 64.9 Å². The van der Waals surface area contributed by atoms with Gasteiger partial charge in [-0.2, -0.15) is 4.98 Å². The standard InChI is InChI=1S/C13H9ClFN3OS/c14-9-3-1-2-7(11(9)15)6-10-17-13(19-18-10)8-4-5-20-12(8)16/h1-5H,6,16H2. The van der Waals surface area contributed by atoms with Gasteiger partial charge in [-0.3, -0.25) is 0 Å². The minimum absolute atomic E-state index is 0.0771. The van der Waals surface area contributed by atoms with Crippen LogP contribution < -0.4 is 5.73 Å². The van der Waals surface area contributed by atoms with Crippen LogP contribution in [0.15, 0.2) is 34.2 Å². The van der Waals surface area contributed by atoms with Gasteiger partial charge < -0.3 is 10.3 Å². The van der Waals surface area contributed by atoms with Gasteiger partial charge >= 0.3 is 0 Å². The summed E-state index contributed by atoms with van der Waals surface area (Å²) in [6, 6.07) is 6.61. The summed E-state index contributed by atoms with van der Waals surface area (Å²) in [7, 11) is 0. The summed E-state index contributed by atoms with van der Waals surface area (Å²) >= 11 is 7.12. The van der Waals surface area contributed by atoms with Crippen LogP contribution in [-0.2, 0) is 6.42 Å². The SMILES string of the molecule is Nc1sccc1-c1nc(Cc2cccc(Cl)c2F)no1. The third-order valence-electron chi connectivity index (χ3n) is 2.77. The third-order valence-corrected chi connectivity index (χ3v) is 3.81. The van der Waals surface area contributed by atoms with Gasteiger partial charge in [-0.25, -0.2) is 4.39 Å². The number of hydrogen-bond donors (Lipinski definition) is 1.